The number of nitrogens with zero attached hydrogens (tertiary/aromatic N) is 3. The maximum Gasteiger partial charge on any atom is 0.165 e. The van der Waals surface area contributed by atoms with Gasteiger partial charge in [-0.3, -0.25) is 4.99 Å². The molecule has 0 aromatic rings. The summed E-state index contributed by atoms with van der Waals surface area (Å²) in [5.74, 6) is 1.07. The molecule has 0 saturated heterocycles. The first-order chi connectivity index (χ1) is 5.29. The van der Waals surface area contributed by atoms with E-state index in [1.807, 2.05) is 19.2 Å². The zero-order valence-corrected chi connectivity index (χ0v) is 6.73. The first kappa shape index (κ1) is 6.58. The van der Waals surface area contributed by atoms with E-state index in [0.29, 0.717) is 6.04 Å². The zero-order chi connectivity index (χ0) is 7.84. The van der Waals surface area contributed by atoms with Gasteiger partial charge >= 0.3 is 0 Å². The second-order valence-electron chi connectivity index (χ2n) is 2.87. The Morgan fingerprint density at radius 2 is 2.36 bits per heavy atom. The summed E-state index contributed by atoms with van der Waals surface area (Å²) in [5, 5.41) is 0. The quantitative estimate of drug-likeness (QED) is 0.498. The Balaban J connectivity index is 2.29. The fraction of sp³-hybridized carbons (Fsp3) is 0.500. The molecule has 2 rings (SSSR count). The van der Waals surface area contributed by atoms with E-state index >= 15 is 0 Å². The van der Waals surface area contributed by atoms with Gasteiger partial charge in [0.2, 0.25) is 0 Å². The molecule has 0 radical (unpaired) electrons. The predicted octanol–water partition coefficient (Wildman–Crippen LogP) is 0.685. The first-order valence-electron chi connectivity index (χ1n) is 3.76. The Hall–Kier alpha value is -1.12. The van der Waals surface area contributed by atoms with Crippen molar-refractivity contribution < 1.29 is 0 Å². The molecular weight excluding hydrogens is 138 g/mol. The molecule has 2 heterocycles. The van der Waals surface area contributed by atoms with Crippen LogP contribution < -0.4 is 0 Å². The zero-order valence-electron chi connectivity index (χ0n) is 6.73. The third kappa shape index (κ3) is 0.878. The monoisotopic (exact) mass is 149 g/mol. The molecule has 2 aliphatic rings. The first-order valence-corrected chi connectivity index (χ1v) is 3.76. The van der Waals surface area contributed by atoms with Crippen LogP contribution in [0.15, 0.2) is 22.1 Å². The predicted molar refractivity (Wildman–Crippen MR) is 46.1 cm³/mol. The van der Waals surface area contributed by atoms with Crippen LogP contribution in [-0.4, -0.2) is 36.2 Å². The van der Waals surface area contributed by atoms with Crippen molar-refractivity contribution in [1.82, 2.24) is 4.90 Å². The van der Waals surface area contributed by atoms with Gasteiger partial charge in [0, 0.05) is 13.3 Å². The van der Waals surface area contributed by atoms with E-state index in [4.69, 9.17) is 0 Å². The molecule has 0 aromatic heterocycles. The molecule has 0 N–H and O–H groups in total. The average molecular weight is 149 g/mol. The van der Waals surface area contributed by atoms with Gasteiger partial charge in [0.25, 0.3) is 0 Å². The van der Waals surface area contributed by atoms with Gasteiger partial charge < -0.3 is 4.90 Å². The highest BCUT2D eigenvalue weighted by molar-refractivity contribution is 5.84. The largest absolute Gasteiger partial charge is 0.353 e. The number of allylic oxidation sites excluding steroid dienone is 1. The number of rotatable bonds is 0. The van der Waals surface area contributed by atoms with E-state index < -0.39 is 0 Å². The van der Waals surface area contributed by atoms with E-state index in [1.54, 1.807) is 0 Å². The van der Waals surface area contributed by atoms with Crippen LogP contribution >= 0.6 is 0 Å². The minimum Gasteiger partial charge on any atom is -0.353 e. The number of dihydropyridines is 1. The highest BCUT2D eigenvalue weighted by atomic mass is 15.3. The van der Waals surface area contributed by atoms with Crippen LogP contribution in [0.2, 0.25) is 0 Å². The Morgan fingerprint density at radius 1 is 1.55 bits per heavy atom. The summed E-state index contributed by atoms with van der Waals surface area (Å²) < 4.78 is 0. The normalized spacial score (nSPS) is 34.0. The summed E-state index contributed by atoms with van der Waals surface area (Å²) in [6.45, 7) is 2.02. The van der Waals surface area contributed by atoms with Crippen molar-refractivity contribution in [3.05, 3.63) is 12.2 Å². The lowest BCUT2D eigenvalue weighted by Crippen LogP contribution is -2.34. The standard InChI is InChI=1S/C8H11N3/c1-6-10-8-7(11(6)2)4-3-5-9-8/h3-5,7-8H,1-2H3. The molecule has 11 heavy (non-hydrogen) atoms. The van der Waals surface area contributed by atoms with Crippen LogP contribution in [0.1, 0.15) is 6.92 Å². The second kappa shape index (κ2) is 2.19. The molecule has 3 nitrogen and oxygen atoms in total. The Bertz CT molecular complexity index is 252. The molecule has 2 atom stereocenters. The highest BCUT2D eigenvalue weighted by Crippen LogP contribution is 2.19. The van der Waals surface area contributed by atoms with Crippen LogP contribution in [0, 0.1) is 0 Å². The number of aliphatic imine (C=N–C) groups is 2. The van der Waals surface area contributed by atoms with E-state index in [0.717, 1.165) is 5.84 Å². The van der Waals surface area contributed by atoms with Crippen LogP contribution in [0.3, 0.4) is 0 Å². The van der Waals surface area contributed by atoms with Crippen molar-refractivity contribution in [1.29, 1.82) is 0 Å². The summed E-state index contributed by atoms with van der Waals surface area (Å²) in [7, 11) is 2.05. The van der Waals surface area contributed by atoms with E-state index in [2.05, 4.69) is 28.0 Å². The van der Waals surface area contributed by atoms with Gasteiger partial charge in [-0.1, -0.05) is 6.08 Å². The molecule has 58 valence electrons. The van der Waals surface area contributed by atoms with Crippen molar-refractivity contribution in [2.75, 3.05) is 7.05 Å². The Labute approximate surface area is 66.1 Å². The van der Waals surface area contributed by atoms with Gasteiger partial charge in [-0.05, 0) is 13.0 Å². The maximum atomic E-state index is 4.38. The molecule has 3 heteroatoms. The second-order valence-corrected chi connectivity index (χ2v) is 2.87. The van der Waals surface area contributed by atoms with Gasteiger partial charge in [0.05, 0.1) is 11.9 Å². The summed E-state index contributed by atoms with van der Waals surface area (Å²) in [6, 6.07) is 0.361. The SMILES string of the molecule is CC1=NC2N=CC=CC2N1C. The van der Waals surface area contributed by atoms with E-state index in [9.17, 15) is 0 Å². The lowest BCUT2D eigenvalue weighted by molar-refractivity contribution is 0.414. The molecule has 0 aliphatic carbocycles. The number of hydrogen-bond acceptors (Lipinski definition) is 3. The lowest BCUT2D eigenvalue weighted by atomic mass is 10.2. The maximum absolute atomic E-state index is 4.38. The fourth-order valence-electron chi connectivity index (χ4n) is 1.43. The van der Waals surface area contributed by atoms with E-state index in [1.165, 1.54) is 0 Å². The summed E-state index contributed by atoms with van der Waals surface area (Å²) in [5.41, 5.74) is 0. The van der Waals surface area contributed by atoms with Crippen LogP contribution in [-0.2, 0) is 0 Å². The summed E-state index contributed by atoms with van der Waals surface area (Å²) in [4.78, 5) is 10.8. The Kier molecular flexibility index (Phi) is 1.31. The van der Waals surface area contributed by atoms with Crippen LogP contribution in [0.5, 0.6) is 0 Å². The molecule has 0 amide bonds. The molecule has 0 fully saturated rings. The molecule has 0 spiro atoms. The minimum absolute atomic E-state index is 0.116. The number of hydrogen-bond donors (Lipinski definition) is 0. The number of fused-ring (bicyclic) bond motifs is 1. The van der Waals surface area contributed by atoms with Gasteiger partial charge in [-0.2, -0.15) is 0 Å². The topological polar surface area (TPSA) is 28.0 Å². The minimum atomic E-state index is 0.116. The van der Waals surface area contributed by atoms with Crippen LogP contribution in [0.4, 0.5) is 0 Å². The smallest absolute Gasteiger partial charge is 0.165 e. The van der Waals surface area contributed by atoms with Crippen LogP contribution in [0.25, 0.3) is 0 Å². The third-order valence-electron chi connectivity index (χ3n) is 2.22. The van der Waals surface area contributed by atoms with Gasteiger partial charge in [0.1, 0.15) is 0 Å². The van der Waals surface area contributed by atoms with Crippen molar-refractivity contribution in [3.63, 3.8) is 0 Å². The van der Waals surface area contributed by atoms with Crippen molar-refractivity contribution in [2.45, 2.75) is 19.1 Å². The molecule has 0 bridgehead atoms. The molecule has 2 unspecified atom stereocenters. The van der Waals surface area contributed by atoms with Gasteiger partial charge in [-0.25, -0.2) is 4.99 Å². The third-order valence-corrected chi connectivity index (χ3v) is 2.22. The molecule has 0 aromatic carbocycles. The molecular formula is C8H11N3. The lowest BCUT2D eigenvalue weighted by Gasteiger charge is -2.22. The van der Waals surface area contributed by atoms with Gasteiger partial charge in [0.15, 0.2) is 6.17 Å². The average Bonchev–Trinajstić information content (AvgIpc) is 2.30. The Morgan fingerprint density at radius 3 is 3.09 bits per heavy atom. The van der Waals surface area contributed by atoms with Crippen molar-refractivity contribution >= 4 is 12.1 Å². The summed E-state index contributed by atoms with van der Waals surface area (Å²) in [6.07, 6.45) is 6.05. The van der Waals surface area contributed by atoms with Crippen molar-refractivity contribution in [3.8, 4) is 0 Å². The van der Waals surface area contributed by atoms with E-state index in [-0.39, 0.29) is 6.17 Å². The number of amidine groups is 1. The molecule has 0 saturated carbocycles. The number of likely N-dealkylation sites (N-methyl/N-ethyl adjacent to an activating group) is 1. The summed E-state index contributed by atoms with van der Waals surface area (Å²) >= 11 is 0. The van der Waals surface area contributed by atoms with Crippen molar-refractivity contribution in [2.24, 2.45) is 9.98 Å². The highest BCUT2D eigenvalue weighted by Gasteiger charge is 2.29. The molecule has 2 aliphatic heterocycles. The fourth-order valence-corrected chi connectivity index (χ4v) is 1.43. The van der Waals surface area contributed by atoms with Gasteiger partial charge in [-0.15, -0.1) is 0 Å².